The highest BCUT2D eigenvalue weighted by Gasteiger charge is 2.38. The maximum absolute atomic E-state index is 12.0. The van der Waals surface area contributed by atoms with Crippen LogP contribution in [0.2, 0.25) is 0 Å². The summed E-state index contributed by atoms with van der Waals surface area (Å²) in [6.07, 6.45) is 3.61. The summed E-state index contributed by atoms with van der Waals surface area (Å²) >= 11 is 0. The van der Waals surface area contributed by atoms with Crippen molar-refractivity contribution in [3.63, 3.8) is 0 Å². The number of aliphatic carboxylic acids is 1. The Morgan fingerprint density at radius 1 is 1.39 bits per heavy atom. The van der Waals surface area contributed by atoms with E-state index in [-0.39, 0.29) is 12.0 Å². The Labute approximate surface area is 107 Å². The highest BCUT2D eigenvalue weighted by atomic mass is 16.5. The van der Waals surface area contributed by atoms with Crippen LogP contribution < -0.4 is 0 Å². The minimum atomic E-state index is -0.756. The molecule has 0 aromatic rings. The maximum Gasteiger partial charge on any atom is 0.309 e. The zero-order valence-corrected chi connectivity index (χ0v) is 10.9. The smallest absolute Gasteiger partial charge is 0.309 e. The number of carboxylic acids is 1. The largest absolute Gasteiger partial charge is 0.481 e. The Bertz CT molecular complexity index is 328. The van der Waals surface area contributed by atoms with Crippen LogP contribution in [0.15, 0.2) is 0 Å². The fraction of sp³-hybridized carbons (Fsp3) is 0.846. The van der Waals surface area contributed by atoms with Crippen LogP contribution in [0.1, 0.15) is 39.0 Å². The van der Waals surface area contributed by atoms with Crippen molar-refractivity contribution in [2.24, 2.45) is 5.41 Å². The molecule has 0 saturated carbocycles. The number of likely N-dealkylation sites (tertiary alicyclic amines) is 1. The fourth-order valence-corrected chi connectivity index (χ4v) is 2.59. The quantitative estimate of drug-likeness (QED) is 0.824. The van der Waals surface area contributed by atoms with Crippen molar-refractivity contribution in [3.8, 4) is 0 Å². The second kappa shape index (κ2) is 5.26. The van der Waals surface area contributed by atoms with E-state index in [0.717, 1.165) is 19.4 Å². The zero-order valence-electron chi connectivity index (χ0n) is 10.9. The van der Waals surface area contributed by atoms with Gasteiger partial charge in [-0.05, 0) is 32.6 Å². The van der Waals surface area contributed by atoms with E-state index in [9.17, 15) is 9.59 Å². The number of nitrogens with zero attached hydrogens (tertiary/aromatic N) is 1. The lowest BCUT2D eigenvalue weighted by Crippen LogP contribution is -2.45. The van der Waals surface area contributed by atoms with Crippen LogP contribution in [0.5, 0.6) is 0 Å². The molecule has 1 unspecified atom stereocenters. The minimum Gasteiger partial charge on any atom is -0.481 e. The van der Waals surface area contributed by atoms with Crippen molar-refractivity contribution in [1.29, 1.82) is 0 Å². The lowest BCUT2D eigenvalue weighted by atomic mass is 9.80. The molecule has 2 aliphatic rings. The van der Waals surface area contributed by atoms with Gasteiger partial charge in [0.2, 0.25) is 5.91 Å². The second-order valence-electron chi connectivity index (χ2n) is 5.59. The lowest BCUT2D eigenvalue weighted by Gasteiger charge is -2.36. The molecule has 0 aromatic heterocycles. The first-order valence-corrected chi connectivity index (χ1v) is 6.64. The Kier molecular flexibility index (Phi) is 3.90. The van der Waals surface area contributed by atoms with Crippen LogP contribution in [0.25, 0.3) is 0 Å². The molecule has 0 spiro atoms. The van der Waals surface area contributed by atoms with Crippen molar-refractivity contribution < 1.29 is 19.4 Å². The van der Waals surface area contributed by atoms with Crippen LogP contribution in [0.4, 0.5) is 0 Å². The average Bonchev–Trinajstić information content (AvgIpc) is 2.82. The Hall–Kier alpha value is -1.10. The van der Waals surface area contributed by atoms with Crippen molar-refractivity contribution in [2.45, 2.75) is 45.1 Å². The monoisotopic (exact) mass is 255 g/mol. The summed E-state index contributed by atoms with van der Waals surface area (Å²) < 4.78 is 5.45. The van der Waals surface area contributed by atoms with Gasteiger partial charge in [-0.15, -0.1) is 0 Å². The van der Waals surface area contributed by atoms with Gasteiger partial charge in [0, 0.05) is 19.7 Å². The molecule has 1 N–H and O–H groups in total. The number of hydrogen-bond donors (Lipinski definition) is 1. The molecule has 1 amide bonds. The molecule has 1 atom stereocenters. The van der Waals surface area contributed by atoms with Gasteiger partial charge in [0.25, 0.3) is 0 Å². The zero-order chi connectivity index (χ0) is 13.2. The molecule has 5 nitrogen and oxygen atoms in total. The van der Waals surface area contributed by atoms with E-state index in [1.807, 2.05) is 0 Å². The topological polar surface area (TPSA) is 66.8 Å². The summed E-state index contributed by atoms with van der Waals surface area (Å²) in [7, 11) is 0. The van der Waals surface area contributed by atoms with E-state index in [0.29, 0.717) is 32.4 Å². The summed E-state index contributed by atoms with van der Waals surface area (Å²) in [5, 5.41) is 9.13. The molecule has 0 aromatic carbocycles. The average molecular weight is 255 g/mol. The Morgan fingerprint density at radius 2 is 2.06 bits per heavy atom. The van der Waals surface area contributed by atoms with E-state index in [1.165, 1.54) is 0 Å². The summed E-state index contributed by atoms with van der Waals surface area (Å²) in [6, 6.07) is 0. The number of carbonyl (C=O) groups is 2. The van der Waals surface area contributed by atoms with E-state index in [1.54, 1.807) is 11.8 Å². The van der Waals surface area contributed by atoms with Crippen LogP contribution >= 0.6 is 0 Å². The normalized spacial score (nSPS) is 27.2. The Morgan fingerprint density at radius 3 is 2.56 bits per heavy atom. The molecular formula is C13H21NO4. The van der Waals surface area contributed by atoms with Crippen molar-refractivity contribution >= 4 is 11.9 Å². The molecule has 2 saturated heterocycles. The van der Waals surface area contributed by atoms with Crippen LogP contribution in [-0.2, 0) is 14.3 Å². The van der Waals surface area contributed by atoms with Crippen LogP contribution in [0.3, 0.4) is 0 Å². The summed E-state index contributed by atoms with van der Waals surface area (Å²) in [6.45, 7) is 3.62. The van der Waals surface area contributed by atoms with Gasteiger partial charge in [-0.3, -0.25) is 9.59 Å². The first-order chi connectivity index (χ1) is 8.51. The third-order valence-corrected chi connectivity index (χ3v) is 4.16. The third-order valence-electron chi connectivity index (χ3n) is 4.16. The molecule has 2 rings (SSSR count). The number of amides is 1. The molecule has 2 aliphatic heterocycles. The minimum absolute atomic E-state index is 0.0743. The van der Waals surface area contributed by atoms with Gasteiger partial charge >= 0.3 is 5.97 Å². The van der Waals surface area contributed by atoms with Crippen molar-refractivity contribution in [1.82, 2.24) is 4.90 Å². The van der Waals surface area contributed by atoms with Gasteiger partial charge in [-0.1, -0.05) is 0 Å². The molecule has 18 heavy (non-hydrogen) atoms. The standard InChI is InChI=1S/C13H21NO4/c1-13(12(16)17)4-6-14(7-5-13)11(15)9-10-3-2-8-18-10/h10H,2-9H2,1H3,(H,16,17). The summed E-state index contributed by atoms with van der Waals surface area (Å²) in [5.74, 6) is -0.650. The number of rotatable bonds is 3. The molecule has 0 radical (unpaired) electrons. The highest BCUT2D eigenvalue weighted by molar-refractivity contribution is 5.78. The van der Waals surface area contributed by atoms with Crippen molar-refractivity contribution in [2.75, 3.05) is 19.7 Å². The molecule has 0 aliphatic carbocycles. The molecular weight excluding hydrogens is 234 g/mol. The van der Waals surface area contributed by atoms with Crippen LogP contribution in [0, 0.1) is 5.41 Å². The van der Waals surface area contributed by atoms with E-state index < -0.39 is 11.4 Å². The molecule has 2 fully saturated rings. The second-order valence-corrected chi connectivity index (χ2v) is 5.59. The van der Waals surface area contributed by atoms with Gasteiger partial charge in [-0.2, -0.15) is 0 Å². The van der Waals surface area contributed by atoms with Gasteiger partial charge in [-0.25, -0.2) is 0 Å². The third kappa shape index (κ3) is 2.83. The first-order valence-electron chi connectivity index (χ1n) is 6.64. The fourth-order valence-electron chi connectivity index (χ4n) is 2.59. The molecule has 0 bridgehead atoms. The van der Waals surface area contributed by atoms with Crippen molar-refractivity contribution in [3.05, 3.63) is 0 Å². The summed E-state index contributed by atoms with van der Waals surface area (Å²) in [5.41, 5.74) is -0.666. The van der Waals surface area contributed by atoms with E-state index in [2.05, 4.69) is 0 Å². The predicted octanol–water partition coefficient (Wildman–Crippen LogP) is 1.27. The first kappa shape index (κ1) is 13.3. The van der Waals surface area contributed by atoms with Gasteiger partial charge in [0.15, 0.2) is 0 Å². The predicted molar refractivity (Wildman–Crippen MR) is 65.1 cm³/mol. The maximum atomic E-state index is 12.0. The van der Waals surface area contributed by atoms with Gasteiger partial charge in [0.1, 0.15) is 0 Å². The van der Waals surface area contributed by atoms with Gasteiger partial charge in [0.05, 0.1) is 17.9 Å². The molecule has 5 heteroatoms. The summed E-state index contributed by atoms with van der Waals surface area (Å²) in [4.78, 5) is 24.9. The van der Waals surface area contributed by atoms with E-state index >= 15 is 0 Å². The number of ether oxygens (including phenoxy) is 1. The highest BCUT2D eigenvalue weighted by Crippen LogP contribution is 2.31. The lowest BCUT2D eigenvalue weighted by molar-refractivity contribution is -0.153. The van der Waals surface area contributed by atoms with Crippen LogP contribution in [-0.4, -0.2) is 47.7 Å². The van der Waals surface area contributed by atoms with E-state index in [4.69, 9.17) is 9.84 Å². The Balaban J connectivity index is 1.81. The van der Waals surface area contributed by atoms with Gasteiger partial charge < -0.3 is 14.7 Å². The number of hydrogen-bond acceptors (Lipinski definition) is 3. The SMILES string of the molecule is CC1(C(=O)O)CCN(C(=O)CC2CCCO2)CC1. The number of carboxylic acid groups (broad SMARTS) is 1. The number of carbonyl (C=O) groups excluding carboxylic acids is 1. The number of piperidine rings is 1. The molecule has 2 heterocycles. The molecule has 102 valence electrons.